The second-order valence-corrected chi connectivity index (χ2v) is 5.17. The highest BCUT2D eigenvalue weighted by atomic mass is 32.1. The quantitative estimate of drug-likeness (QED) is 0.822. The summed E-state index contributed by atoms with van der Waals surface area (Å²) in [4.78, 5) is 3.91. The molecule has 0 aliphatic heterocycles. The average molecular weight is 210 g/mol. The van der Waals surface area contributed by atoms with E-state index in [1.807, 2.05) is 11.3 Å². The minimum absolute atomic E-state index is 0.724. The first-order valence-electron chi connectivity index (χ1n) is 5.24. The summed E-state index contributed by atoms with van der Waals surface area (Å²) in [7, 11) is 2.21. The molecule has 1 aromatic rings. The van der Waals surface area contributed by atoms with Crippen molar-refractivity contribution in [1.82, 2.24) is 4.90 Å². The Balaban J connectivity index is 1.86. The molecule has 0 spiro atoms. The van der Waals surface area contributed by atoms with Crippen LogP contribution in [0.25, 0.3) is 0 Å². The van der Waals surface area contributed by atoms with Crippen LogP contribution in [-0.4, -0.2) is 24.5 Å². The Labute approximate surface area is 89.7 Å². The lowest BCUT2D eigenvalue weighted by Crippen LogP contribution is -2.47. The van der Waals surface area contributed by atoms with Crippen molar-refractivity contribution >= 4 is 11.3 Å². The van der Waals surface area contributed by atoms with Crippen molar-refractivity contribution in [2.75, 3.05) is 13.6 Å². The highest BCUT2D eigenvalue weighted by Gasteiger charge is 2.32. The summed E-state index contributed by atoms with van der Waals surface area (Å²) in [5, 5.41) is 2.14. The summed E-state index contributed by atoms with van der Waals surface area (Å²) >= 11 is 1.84. The predicted molar refractivity (Wildman–Crippen MR) is 61.4 cm³/mol. The van der Waals surface area contributed by atoms with Gasteiger partial charge in [0.05, 0.1) is 0 Å². The Hall–Kier alpha value is -0.380. The van der Waals surface area contributed by atoms with E-state index in [1.165, 1.54) is 17.7 Å². The van der Waals surface area contributed by atoms with Gasteiger partial charge in [-0.05, 0) is 43.8 Å². The molecule has 1 saturated carbocycles. The summed E-state index contributed by atoms with van der Waals surface area (Å²) in [5.74, 6) is 0.736. The van der Waals surface area contributed by atoms with Crippen LogP contribution in [0, 0.1) is 5.92 Å². The molecule has 3 heteroatoms. The highest BCUT2D eigenvalue weighted by Crippen LogP contribution is 2.31. The summed E-state index contributed by atoms with van der Waals surface area (Å²) < 4.78 is 0. The molecule has 2 unspecified atom stereocenters. The van der Waals surface area contributed by atoms with Crippen molar-refractivity contribution in [3.05, 3.63) is 22.4 Å². The normalized spacial score (nSPS) is 26.5. The molecule has 2 atom stereocenters. The highest BCUT2D eigenvalue weighted by molar-refractivity contribution is 7.09. The molecule has 0 aromatic carbocycles. The van der Waals surface area contributed by atoms with Crippen LogP contribution in [-0.2, 0) is 6.54 Å². The maximum Gasteiger partial charge on any atom is 0.0327 e. The molecule has 1 aromatic heterocycles. The van der Waals surface area contributed by atoms with E-state index in [-0.39, 0.29) is 0 Å². The molecule has 78 valence electrons. The van der Waals surface area contributed by atoms with Gasteiger partial charge >= 0.3 is 0 Å². The summed E-state index contributed by atoms with van der Waals surface area (Å²) in [5.41, 5.74) is 5.71. The van der Waals surface area contributed by atoms with E-state index < -0.39 is 0 Å². The SMILES string of the molecule is CN(Cc1cccs1)C1CCC1CN. The van der Waals surface area contributed by atoms with Crippen molar-refractivity contribution in [2.24, 2.45) is 11.7 Å². The van der Waals surface area contributed by atoms with Crippen LogP contribution < -0.4 is 5.73 Å². The molecule has 1 fully saturated rings. The van der Waals surface area contributed by atoms with Gasteiger partial charge in [-0.2, -0.15) is 0 Å². The number of hydrogen-bond donors (Lipinski definition) is 1. The van der Waals surface area contributed by atoms with E-state index in [9.17, 15) is 0 Å². The van der Waals surface area contributed by atoms with Crippen molar-refractivity contribution in [3.8, 4) is 0 Å². The number of thiophene rings is 1. The Morgan fingerprint density at radius 2 is 2.43 bits per heavy atom. The smallest absolute Gasteiger partial charge is 0.0327 e. The van der Waals surface area contributed by atoms with Crippen molar-refractivity contribution < 1.29 is 0 Å². The first-order valence-corrected chi connectivity index (χ1v) is 6.12. The molecule has 2 nitrogen and oxygen atoms in total. The van der Waals surface area contributed by atoms with Crippen molar-refractivity contribution in [1.29, 1.82) is 0 Å². The lowest BCUT2D eigenvalue weighted by molar-refractivity contribution is 0.0846. The van der Waals surface area contributed by atoms with Crippen LogP contribution in [0.15, 0.2) is 17.5 Å². The zero-order chi connectivity index (χ0) is 9.97. The number of hydrogen-bond acceptors (Lipinski definition) is 3. The third kappa shape index (κ3) is 2.00. The van der Waals surface area contributed by atoms with Crippen LogP contribution in [0.5, 0.6) is 0 Å². The van der Waals surface area contributed by atoms with Crippen molar-refractivity contribution in [2.45, 2.75) is 25.4 Å². The molecule has 1 aliphatic carbocycles. The van der Waals surface area contributed by atoms with Gasteiger partial charge in [-0.25, -0.2) is 0 Å². The Morgan fingerprint density at radius 3 is 2.93 bits per heavy atom. The molecule has 0 radical (unpaired) electrons. The minimum Gasteiger partial charge on any atom is -0.330 e. The Bertz CT molecular complexity index is 269. The average Bonchev–Trinajstić information content (AvgIpc) is 2.55. The second-order valence-electron chi connectivity index (χ2n) is 4.13. The monoisotopic (exact) mass is 210 g/mol. The van der Waals surface area contributed by atoms with Crippen molar-refractivity contribution in [3.63, 3.8) is 0 Å². The van der Waals surface area contributed by atoms with Gasteiger partial charge in [0.2, 0.25) is 0 Å². The fraction of sp³-hybridized carbons (Fsp3) is 0.636. The van der Waals surface area contributed by atoms with E-state index in [4.69, 9.17) is 5.73 Å². The summed E-state index contributed by atoms with van der Waals surface area (Å²) in [6.07, 6.45) is 2.64. The first-order chi connectivity index (χ1) is 6.81. The van der Waals surface area contributed by atoms with Gasteiger partial charge in [0.25, 0.3) is 0 Å². The lowest BCUT2D eigenvalue weighted by Gasteiger charge is -2.42. The lowest BCUT2D eigenvalue weighted by atomic mass is 9.79. The Morgan fingerprint density at radius 1 is 1.57 bits per heavy atom. The molecule has 0 bridgehead atoms. The molecular weight excluding hydrogens is 192 g/mol. The van der Waals surface area contributed by atoms with Crippen LogP contribution in [0.4, 0.5) is 0 Å². The van der Waals surface area contributed by atoms with Gasteiger partial charge in [-0.15, -0.1) is 11.3 Å². The molecule has 1 aliphatic rings. The number of nitrogens with zero attached hydrogens (tertiary/aromatic N) is 1. The van der Waals surface area contributed by atoms with E-state index in [0.717, 1.165) is 25.0 Å². The molecular formula is C11H18N2S. The molecule has 2 rings (SSSR count). The molecule has 14 heavy (non-hydrogen) atoms. The van der Waals surface area contributed by atoms with Crippen LogP contribution in [0.1, 0.15) is 17.7 Å². The standard InChI is InChI=1S/C11H18N2S/c1-13(8-10-3-2-6-14-10)11-5-4-9(11)7-12/h2-3,6,9,11H,4-5,7-8,12H2,1H3. The maximum absolute atomic E-state index is 5.71. The molecule has 1 heterocycles. The summed E-state index contributed by atoms with van der Waals surface area (Å²) in [6.45, 7) is 1.93. The van der Waals surface area contributed by atoms with Gasteiger partial charge in [0, 0.05) is 17.5 Å². The van der Waals surface area contributed by atoms with Gasteiger partial charge in [0.1, 0.15) is 0 Å². The van der Waals surface area contributed by atoms with E-state index >= 15 is 0 Å². The fourth-order valence-electron chi connectivity index (χ4n) is 2.17. The third-order valence-corrected chi connectivity index (χ3v) is 4.09. The maximum atomic E-state index is 5.71. The largest absolute Gasteiger partial charge is 0.330 e. The fourth-order valence-corrected chi connectivity index (χ4v) is 2.94. The van der Waals surface area contributed by atoms with Gasteiger partial charge in [-0.3, -0.25) is 4.90 Å². The molecule has 0 amide bonds. The van der Waals surface area contributed by atoms with Crippen LogP contribution >= 0.6 is 11.3 Å². The zero-order valence-electron chi connectivity index (χ0n) is 8.65. The second kappa shape index (κ2) is 4.43. The van der Waals surface area contributed by atoms with E-state index in [2.05, 4.69) is 29.5 Å². The van der Waals surface area contributed by atoms with Gasteiger partial charge < -0.3 is 5.73 Å². The Kier molecular flexibility index (Phi) is 3.21. The summed E-state index contributed by atoms with van der Waals surface area (Å²) in [6, 6.07) is 5.05. The van der Waals surface area contributed by atoms with Crippen LogP contribution in [0.2, 0.25) is 0 Å². The molecule has 0 saturated heterocycles. The van der Waals surface area contributed by atoms with E-state index in [0.29, 0.717) is 0 Å². The van der Waals surface area contributed by atoms with Gasteiger partial charge in [-0.1, -0.05) is 6.07 Å². The first kappa shape index (κ1) is 10.1. The number of rotatable bonds is 4. The molecule has 2 N–H and O–H groups in total. The zero-order valence-corrected chi connectivity index (χ0v) is 9.46. The van der Waals surface area contributed by atoms with E-state index in [1.54, 1.807) is 0 Å². The topological polar surface area (TPSA) is 29.3 Å². The number of nitrogens with two attached hydrogens (primary N) is 1. The van der Waals surface area contributed by atoms with Crippen LogP contribution in [0.3, 0.4) is 0 Å². The minimum atomic E-state index is 0.724. The third-order valence-electron chi connectivity index (χ3n) is 3.23. The predicted octanol–water partition coefficient (Wildman–Crippen LogP) is 1.92. The van der Waals surface area contributed by atoms with Gasteiger partial charge in [0.15, 0.2) is 0 Å².